The molecule has 1 spiro atoms. The average Bonchev–Trinajstić information content (AvgIpc) is 2.97. The average molecular weight is 202 g/mol. The molecule has 1 heteroatoms. The maximum atomic E-state index is 2.43. The second-order valence-corrected chi connectivity index (χ2v) is 5.88. The predicted octanol–water partition coefficient (Wildman–Crippen LogP) is 2.70. The van der Waals surface area contributed by atoms with Crippen LogP contribution in [0.4, 0.5) is 0 Å². The highest BCUT2D eigenvalue weighted by molar-refractivity contribution is 5.35. The molecule has 1 atom stereocenters. The number of quaternary nitrogens is 1. The summed E-state index contributed by atoms with van der Waals surface area (Å²) in [5.74, 6) is 0. The Hall–Kier alpha value is -0.820. The zero-order valence-electron chi connectivity index (χ0n) is 9.96. The van der Waals surface area contributed by atoms with Gasteiger partial charge in [0, 0.05) is 11.0 Å². The van der Waals surface area contributed by atoms with Crippen molar-refractivity contribution >= 4 is 0 Å². The minimum Gasteiger partial charge on any atom is -0.308 e. The summed E-state index contributed by atoms with van der Waals surface area (Å²) in [4.78, 5) is 0. The summed E-state index contributed by atoms with van der Waals surface area (Å²) in [5.41, 5.74) is 3.50. The molecule has 0 radical (unpaired) electrons. The van der Waals surface area contributed by atoms with Crippen molar-refractivity contribution in [2.24, 2.45) is 0 Å². The van der Waals surface area contributed by atoms with Crippen molar-refractivity contribution in [3.63, 3.8) is 0 Å². The summed E-state index contributed by atoms with van der Waals surface area (Å²) < 4.78 is 1.34. The standard InChI is InChI=1S/C14H20N/c1-11-14(2,3)13-7-5-4-6-12(13)10-15(11)8-9-15/h4-7,11H,8-10H2,1-3H3/q+1. The normalized spacial score (nSPS) is 29.9. The molecule has 1 aromatic carbocycles. The third-order valence-electron chi connectivity index (χ3n) is 4.86. The molecular formula is C14H20N+. The molecule has 0 N–H and O–H groups in total. The fraction of sp³-hybridized carbons (Fsp3) is 0.571. The van der Waals surface area contributed by atoms with Crippen LogP contribution >= 0.6 is 0 Å². The van der Waals surface area contributed by atoms with E-state index >= 15 is 0 Å². The molecule has 0 amide bonds. The third kappa shape index (κ3) is 1.13. The topological polar surface area (TPSA) is 0 Å². The second kappa shape index (κ2) is 2.65. The van der Waals surface area contributed by atoms with Gasteiger partial charge in [0.25, 0.3) is 0 Å². The Morgan fingerprint density at radius 3 is 2.53 bits per heavy atom. The van der Waals surface area contributed by atoms with E-state index in [1.807, 2.05) is 0 Å². The first kappa shape index (κ1) is 9.41. The predicted molar refractivity (Wildman–Crippen MR) is 62.6 cm³/mol. The van der Waals surface area contributed by atoms with Crippen LogP contribution in [0.25, 0.3) is 0 Å². The first-order valence-electron chi connectivity index (χ1n) is 6.00. The van der Waals surface area contributed by atoms with Gasteiger partial charge in [0.05, 0.1) is 6.04 Å². The summed E-state index contributed by atoms with van der Waals surface area (Å²) in [6.45, 7) is 11.3. The number of rotatable bonds is 0. The van der Waals surface area contributed by atoms with Crippen molar-refractivity contribution in [2.45, 2.75) is 38.8 Å². The van der Waals surface area contributed by atoms with E-state index in [9.17, 15) is 0 Å². The fourth-order valence-corrected chi connectivity index (χ4v) is 3.35. The van der Waals surface area contributed by atoms with Gasteiger partial charge < -0.3 is 4.48 Å². The van der Waals surface area contributed by atoms with Gasteiger partial charge in [-0.25, -0.2) is 0 Å². The molecule has 80 valence electrons. The van der Waals surface area contributed by atoms with Crippen LogP contribution in [0.5, 0.6) is 0 Å². The first-order valence-corrected chi connectivity index (χ1v) is 6.00. The molecule has 1 fully saturated rings. The quantitative estimate of drug-likeness (QED) is 0.448. The van der Waals surface area contributed by atoms with E-state index in [-0.39, 0.29) is 0 Å². The minimum absolute atomic E-state index is 0.339. The molecule has 3 rings (SSSR count). The largest absolute Gasteiger partial charge is 0.308 e. The Morgan fingerprint density at radius 1 is 1.20 bits per heavy atom. The molecule has 1 saturated heterocycles. The van der Waals surface area contributed by atoms with Crippen molar-refractivity contribution in [3.8, 4) is 0 Å². The Kier molecular flexibility index (Phi) is 1.66. The molecule has 2 aliphatic heterocycles. The van der Waals surface area contributed by atoms with Gasteiger partial charge in [0.15, 0.2) is 0 Å². The number of fused-ring (bicyclic) bond motifs is 1. The lowest BCUT2D eigenvalue weighted by molar-refractivity contribution is -0.847. The Balaban J connectivity index is 2.16. The maximum absolute atomic E-state index is 2.43. The Labute approximate surface area is 92.3 Å². The van der Waals surface area contributed by atoms with E-state index in [0.717, 1.165) is 6.04 Å². The van der Waals surface area contributed by atoms with Gasteiger partial charge in [-0.1, -0.05) is 38.1 Å². The first-order chi connectivity index (χ1) is 7.06. The van der Waals surface area contributed by atoms with Crippen molar-refractivity contribution in [1.82, 2.24) is 0 Å². The molecular weight excluding hydrogens is 182 g/mol. The minimum atomic E-state index is 0.339. The molecule has 1 unspecified atom stereocenters. The molecule has 15 heavy (non-hydrogen) atoms. The summed E-state index contributed by atoms with van der Waals surface area (Å²) in [6, 6.07) is 9.79. The van der Waals surface area contributed by atoms with Crippen LogP contribution in [0.2, 0.25) is 0 Å². The highest BCUT2D eigenvalue weighted by atomic mass is 15.5. The molecule has 0 aromatic heterocycles. The zero-order valence-corrected chi connectivity index (χ0v) is 9.96. The van der Waals surface area contributed by atoms with Gasteiger partial charge in [0.1, 0.15) is 19.6 Å². The number of nitrogens with zero attached hydrogens (tertiary/aromatic N) is 1. The highest BCUT2D eigenvalue weighted by Gasteiger charge is 2.56. The molecule has 1 nitrogen and oxygen atoms in total. The SMILES string of the molecule is CC1C(C)(C)c2ccccc2C[N+]12CC2. The lowest BCUT2D eigenvalue weighted by atomic mass is 9.73. The summed E-state index contributed by atoms with van der Waals surface area (Å²) in [5, 5.41) is 0. The van der Waals surface area contributed by atoms with E-state index < -0.39 is 0 Å². The lowest BCUT2D eigenvalue weighted by Crippen LogP contribution is -2.51. The Morgan fingerprint density at radius 2 is 1.87 bits per heavy atom. The van der Waals surface area contributed by atoms with Crippen molar-refractivity contribution in [1.29, 1.82) is 0 Å². The van der Waals surface area contributed by atoms with Crippen LogP contribution in [-0.4, -0.2) is 23.6 Å². The van der Waals surface area contributed by atoms with Crippen LogP contribution < -0.4 is 0 Å². The Bertz CT molecular complexity index is 402. The van der Waals surface area contributed by atoms with E-state index in [1.54, 1.807) is 11.1 Å². The molecule has 2 heterocycles. The van der Waals surface area contributed by atoms with E-state index in [0.29, 0.717) is 5.41 Å². The zero-order chi connectivity index (χ0) is 10.7. The monoisotopic (exact) mass is 202 g/mol. The van der Waals surface area contributed by atoms with Gasteiger partial charge in [0.2, 0.25) is 0 Å². The fourth-order valence-electron chi connectivity index (χ4n) is 3.35. The highest BCUT2D eigenvalue weighted by Crippen LogP contribution is 2.46. The molecule has 1 aromatic rings. The van der Waals surface area contributed by atoms with Crippen LogP contribution in [0, 0.1) is 0 Å². The molecule has 0 aliphatic carbocycles. The number of benzene rings is 1. The van der Waals surface area contributed by atoms with Crippen molar-refractivity contribution in [2.75, 3.05) is 13.1 Å². The molecule has 0 saturated carbocycles. The lowest BCUT2D eigenvalue weighted by Gasteiger charge is -2.44. The van der Waals surface area contributed by atoms with Gasteiger partial charge in [-0.05, 0) is 12.5 Å². The van der Waals surface area contributed by atoms with Gasteiger partial charge in [-0.15, -0.1) is 0 Å². The van der Waals surface area contributed by atoms with Gasteiger partial charge in [-0.3, -0.25) is 0 Å². The van der Waals surface area contributed by atoms with Crippen molar-refractivity contribution in [3.05, 3.63) is 35.4 Å². The van der Waals surface area contributed by atoms with Gasteiger partial charge >= 0.3 is 0 Å². The third-order valence-corrected chi connectivity index (χ3v) is 4.86. The maximum Gasteiger partial charge on any atom is 0.129 e. The van der Waals surface area contributed by atoms with Crippen LogP contribution in [-0.2, 0) is 12.0 Å². The van der Waals surface area contributed by atoms with Crippen LogP contribution in [0.1, 0.15) is 31.9 Å². The number of hydrogen-bond donors (Lipinski definition) is 0. The van der Waals surface area contributed by atoms with E-state index in [4.69, 9.17) is 0 Å². The number of hydrogen-bond acceptors (Lipinski definition) is 0. The summed E-state index contributed by atoms with van der Waals surface area (Å²) >= 11 is 0. The van der Waals surface area contributed by atoms with Crippen LogP contribution in [0.3, 0.4) is 0 Å². The van der Waals surface area contributed by atoms with Crippen LogP contribution in [0.15, 0.2) is 24.3 Å². The van der Waals surface area contributed by atoms with Gasteiger partial charge in [-0.2, -0.15) is 0 Å². The van der Waals surface area contributed by atoms with Crippen molar-refractivity contribution < 1.29 is 4.48 Å². The van der Waals surface area contributed by atoms with E-state index in [2.05, 4.69) is 45.0 Å². The smallest absolute Gasteiger partial charge is 0.129 e. The summed E-state index contributed by atoms with van der Waals surface area (Å²) in [7, 11) is 0. The second-order valence-electron chi connectivity index (χ2n) is 5.88. The van der Waals surface area contributed by atoms with E-state index in [1.165, 1.54) is 24.1 Å². The summed E-state index contributed by atoms with van der Waals surface area (Å²) in [6.07, 6.45) is 0. The molecule has 2 aliphatic rings. The molecule has 0 bridgehead atoms.